The lowest BCUT2D eigenvalue weighted by Gasteiger charge is -2.32. The van der Waals surface area contributed by atoms with Gasteiger partial charge in [-0.3, -0.25) is 14.2 Å². The maximum atomic E-state index is 13.0. The molecule has 33 heavy (non-hydrogen) atoms. The van der Waals surface area contributed by atoms with Gasteiger partial charge in [0.15, 0.2) is 0 Å². The van der Waals surface area contributed by atoms with Gasteiger partial charge in [-0.05, 0) is 56.5 Å². The van der Waals surface area contributed by atoms with E-state index in [4.69, 9.17) is 4.74 Å². The van der Waals surface area contributed by atoms with Gasteiger partial charge in [-0.1, -0.05) is 24.3 Å². The standard InChI is InChI=1S/C25H28N4O4/c1-3-33-24(31)18-11-13-28(14-12-18)23-20-9-4-5-10-21(20)29(25(32)27-23)16-22(30)26-19-8-6-7-17(2)15-19/h4-10,15,18H,3,11-14,16H2,1-2H3,(H,26,30). The first kappa shape index (κ1) is 22.5. The number of esters is 1. The third-order valence-electron chi connectivity index (χ3n) is 5.89. The summed E-state index contributed by atoms with van der Waals surface area (Å²) in [7, 11) is 0. The maximum Gasteiger partial charge on any atom is 0.350 e. The smallest absolute Gasteiger partial charge is 0.350 e. The zero-order chi connectivity index (χ0) is 23.4. The molecule has 3 aromatic rings. The number of nitrogens with one attached hydrogen (secondary N) is 1. The van der Waals surface area contributed by atoms with Crippen molar-refractivity contribution in [2.24, 2.45) is 5.92 Å². The molecule has 1 fully saturated rings. The Balaban J connectivity index is 1.57. The Bertz CT molecular complexity index is 1230. The highest BCUT2D eigenvalue weighted by Gasteiger charge is 2.28. The first-order valence-corrected chi connectivity index (χ1v) is 11.2. The number of aromatic nitrogens is 2. The molecule has 1 N–H and O–H groups in total. The average molecular weight is 449 g/mol. The van der Waals surface area contributed by atoms with E-state index >= 15 is 0 Å². The topological polar surface area (TPSA) is 93.5 Å². The SMILES string of the molecule is CCOC(=O)C1CCN(c2nc(=O)n(CC(=O)Nc3cccc(C)c3)c3ccccc23)CC1. The van der Waals surface area contributed by atoms with Crippen LogP contribution in [0.5, 0.6) is 0 Å². The number of carbonyl (C=O) groups is 2. The zero-order valence-electron chi connectivity index (χ0n) is 18.9. The predicted octanol–water partition coefficient (Wildman–Crippen LogP) is 3.12. The number of anilines is 2. The van der Waals surface area contributed by atoms with Crippen LogP contribution >= 0.6 is 0 Å². The van der Waals surface area contributed by atoms with E-state index < -0.39 is 5.69 Å². The number of fused-ring (bicyclic) bond motifs is 1. The van der Waals surface area contributed by atoms with Crippen LogP contribution in [0.3, 0.4) is 0 Å². The molecule has 4 rings (SSSR count). The molecule has 0 bridgehead atoms. The monoisotopic (exact) mass is 448 g/mol. The number of carbonyl (C=O) groups excluding carboxylic acids is 2. The Morgan fingerprint density at radius 2 is 1.88 bits per heavy atom. The van der Waals surface area contributed by atoms with Crippen LogP contribution in [-0.2, 0) is 20.9 Å². The van der Waals surface area contributed by atoms with Gasteiger partial charge >= 0.3 is 11.7 Å². The van der Waals surface area contributed by atoms with Crippen molar-refractivity contribution in [2.75, 3.05) is 29.9 Å². The summed E-state index contributed by atoms with van der Waals surface area (Å²) in [6.45, 7) is 5.22. The minimum absolute atomic E-state index is 0.127. The van der Waals surface area contributed by atoms with Crippen molar-refractivity contribution in [1.82, 2.24) is 9.55 Å². The summed E-state index contributed by atoms with van der Waals surface area (Å²) in [4.78, 5) is 44.1. The summed E-state index contributed by atoms with van der Waals surface area (Å²) in [5, 5.41) is 3.65. The summed E-state index contributed by atoms with van der Waals surface area (Å²) >= 11 is 0. The summed E-state index contributed by atoms with van der Waals surface area (Å²) < 4.78 is 6.55. The molecule has 1 saturated heterocycles. The van der Waals surface area contributed by atoms with E-state index in [0.717, 1.165) is 10.9 Å². The van der Waals surface area contributed by atoms with E-state index in [2.05, 4.69) is 10.3 Å². The molecule has 0 spiro atoms. The molecule has 2 aromatic carbocycles. The fourth-order valence-corrected chi connectivity index (χ4v) is 4.26. The summed E-state index contributed by atoms with van der Waals surface area (Å²) in [6, 6.07) is 15.0. The van der Waals surface area contributed by atoms with Crippen molar-refractivity contribution < 1.29 is 14.3 Å². The lowest BCUT2D eigenvalue weighted by molar-refractivity contribution is -0.148. The van der Waals surface area contributed by atoms with Crippen LogP contribution in [0.1, 0.15) is 25.3 Å². The van der Waals surface area contributed by atoms with Crippen LogP contribution in [0.15, 0.2) is 53.3 Å². The first-order valence-electron chi connectivity index (χ1n) is 11.2. The Morgan fingerprint density at radius 1 is 1.12 bits per heavy atom. The minimum atomic E-state index is -0.476. The highest BCUT2D eigenvalue weighted by Crippen LogP contribution is 2.28. The summed E-state index contributed by atoms with van der Waals surface area (Å²) in [5.41, 5.74) is 1.90. The average Bonchev–Trinajstić information content (AvgIpc) is 2.81. The molecule has 8 nitrogen and oxygen atoms in total. The number of amides is 1. The molecule has 0 radical (unpaired) electrons. The molecule has 0 atom stereocenters. The number of benzene rings is 2. The zero-order valence-corrected chi connectivity index (χ0v) is 18.9. The second kappa shape index (κ2) is 9.85. The molecule has 172 valence electrons. The quantitative estimate of drug-likeness (QED) is 0.583. The van der Waals surface area contributed by atoms with Gasteiger partial charge in [-0.25, -0.2) is 4.79 Å². The van der Waals surface area contributed by atoms with Crippen LogP contribution < -0.4 is 15.9 Å². The van der Waals surface area contributed by atoms with Gasteiger partial charge in [0.25, 0.3) is 0 Å². The fourth-order valence-electron chi connectivity index (χ4n) is 4.26. The van der Waals surface area contributed by atoms with E-state index in [1.165, 1.54) is 4.57 Å². The summed E-state index contributed by atoms with van der Waals surface area (Å²) in [6.07, 6.45) is 1.30. The molecule has 1 amide bonds. The van der Waals surface area contributed by atoms with Crippen molar-refractivity contribution in [1.29, 1.82) is 0 Å². The molecule has 2 heterocycles. The number of nitrogens with zero attached hydrogens (tertiary/aromatic N) is 3. The number of ether oxygens (including phenoxy) is 1. The van der Waals surface area contributed by atoms with Crippen LogP contribution in [0, 0.1) is 12.8 Å². The molecule has 1 aliphatic rings. The maximum absolute atomic E-state index is 13.0. The van der Waals surface area contributed by atoms with Crippen LogP contribution in [-0.4, -0.2) is 41.1 Å². The second-order valence-corrected chi connectivity index (χ2v) is 8.25. The number of aryl methyl sites for hydroxylation is 1. The second-order valence-electron chi connectivity index (χ2n) is 8.25. The Kier molecular flexibility index (Phi) is 6.72. The fraction of sp³-hybridized carbons (Fsp3) is 0.360. The van der Waals surface area contributed by atoms with Gasteiger partial charge < -0.3 is 15.0 Å². The number of para-hydroxylation sites is 1. The van der Waals surface area contributed by atoms with Crippen molar-refractivity contribution in [3.8, 4) is 0 Å². The van der Waals surface area contributed by atoms with Gasteiger partial charge in [0.05, 0.1) is 18.0 Å². The van der Waals surface area contributed by atoms with E-state index in [1.54, 1.807) is 6.92 Å². The van der Waals surface area contributed by atoms with Crippen molar-refractivity contribution >= 4 is 34.3 Å². The summed E-state index contributed by atoms with van der Waals surface area (Å²) in [5.74, 6) is 0.00839. The van der Waals surface area contributed by atoms with Crippen LogP contribution in [0.25, 0.3) is 10.9 Å². The van der Waals surface area contributed by atoms with Gasteiger partial charge in [0.1, 0.15) is 12.4 Å². The van der Waals surface area contributed by atoms with E-state index in [1.807, 2.05) is 60.4 Å². The molecule has 0 aliphatic carbocycles. The number of hydrogen-bond acceptors (Lipinski definition) is 6. The molecule has 0 saturated carbocycles. The van der Waals surface area contributed by atoms with E-state index in [9.17, 15) is 14.4 Å². The number of rotatable bonds is 6. The highest BCUT2D eigenvalue weighted by molar-refractivity contribution is 5.94. The molecule has 1 aromatic heterocycles. The van der Waals surface area contributed by atoms with Crippen LogP contribution in [0.4, 0.5) is 11.5 Å². The molecular formula is C25H28N4O4. The van der Waals surface area contributed by atoms with Gasteiger partial charge in [-0.2, -0.15) is 4.98 Å². The van der Waals surface area contributed by atoms with Crippen molar-refractivity contribution in [3.05, 3.63) is 64.6 Å². The normalized spacial score (nSPS) is 14.3. The third-order valence-corrected chi connectivity index (χ3v) is 5.89. The Hall–Kier alpha value is -3.68. The van der Waals surface area contributed by atoms with Gasteiger partial charge in [-0.15, -0.1) is 0 Å². The predicted molar refractivity (Wildman–Crippen MR) is 127 cm³/mol. The lowest BCUT2D eigenvalue weighted by Crippen LogP contribution is -2.39. The van der Waals surface area contributed by atoms with E-state index in [0.29, 0.717) is 49.6 Å². The minimum Gasteiger partial charge on any atom is -0.466 e. The molecule has 8 heteroatoms. The Morgan fingerprint density at radius 3 is 2.61 bits per heavy atom. The van der Waals surface area contributed by atoms with E-state index in [-0.39, 0.29) is 24.3 Å². The van der Waals surface area contributed by atoms with Crippen molar-refractivity contribution in [3.63, 3.8) is 0 Å². The number of hydrogen-bond donors (Lipinski definition) is 1. The van der Waals surface area contributed by atoms with Gasteiger partial charge in [0.2, 0.25) is 5.91 Å². The first-order chi connectivity index (χ1) is 16.0. The number of piperidine rings is 1. The van der Waals surface area contributed by atoms with Crippen molar-refractivity contribution in [2.45, 2.75) is 33.2 Å². The largest absolute Gasteiger partial charge is 0.466 e. The molecular weight excluding hydrogens is 420 g/mol. The molecule has 0 unspecified atom stereocenters. The van der Waals surface area contributed by atoms with Gasteiger partial charge in [0, 0.05) is 24.2 Å². The lowest BCUT2D eigenvalue weighted by atomic mass is 9.97. The van der Waals surface area contributed by atoms with Crippen LogP contribution in [0.2, 0.25) is 0 Å². The highest BCUT2D eigenvalue weighted by atomic mass is 16.5. The Labute approximate surface area is 192 Å². The molecule has 1 aliphatic heterocycles. The third kappa shape index (κ3) is 5.05.